The second-order valence-corrected chi connectivity index (χ2v) is 24.3. The van der Waals surface area contributed by atoms with E-state index in [0.717, 1.165) is 89.9 Å². The first-order valence-electron chi connectivity index (χ1n) is 35.3. The number of aliphatic hydroxyl groups is 8. The van der Waals surface area contributed by atoms with Crippen LogP contribution in [-0.2, 0) is 23.7 Å². The van der Waals surface area contributed by atoms with E-state index in [1.54, 1.807) is 6.08 Å². The molecular weight excluding hydrogens is 1120 g/mol. The summed E-state index contributed by atoms with van der Waals surface area (Å²) in [7, 11) is 0. The highest BCUT2D eigenvalue weighted by atomic mass is 16.7. The molecule has 0 aromatic rings. The minimum atomic E-state index is -1.80. The van der Waals surface area contributed by atoms with Crippen molar-refractivity contribution in [3.05, 3.63) is 122 Å². The van der Waals surface area contributed by atoms with Gasteiger partial charge in [0.05, 0.1) is 32.0 Å². The highest BCUT2D eigenvalue weighted by molar-refractivity contribution is 5.76. The molecule has 2 saturated heterocycles. The number of nitrogens with one attached hydrogen (secondary N) is 1. The van der Waals surface area contributed by atoms with Gasteiger partial charge in [-0.15, -0.1) is 0 Å². The summed E-state index contributed by atoms with van der Waals surface area (Å²) in [4.78, 5) is 13.3. The number of allylic oxidation sites excluding steroid dienone is 19. The van der Waals surface area contributed by atoms with Crippen molar-refractivity contribution in [2.75, 3.05) is 19.8 Å². The van der Waals surface area contributed by atoms with Gasteiger partial charge in [-0.25, -0.2) is 0 Å². The van der Waals surface area contributed by atoms with Gasteiger partial charge in [-0.2, -0.15) is 0 Å². The molecule has 14 nitrogen and oxygen atoms in total. The lowest BCUT2D eigenvalue weighted by Gasteiger charge is -2.46. The zero-order valence-electron chi connectivity index (χ0n) is 55.4. The van der Waals surface area contributed by atoms with Crippen LogP contribution >= 0.6 is 0 Å². The molecule has 0 radical (unpaired) electrons. The first kappa shape index (κ1) is 81.5. The third-order valence-electron chi connectivity index (χ3n) is 16.4. The lowest BCUT2D eigenvalue weighted by Crippen LogP contribution is -2.65. The van der Waals surface area contributed by atoms with E-state index in [1.165, 1.54) is 128 Å². The zero-order valence-corrected chi connectivity index (χ0v) is 55.4. The Labute approximate surface area is 539 Å². The van der Waals surface area contributed by atoms with Crippen LogP contribution in [0.25, 0.3) is 0 Å². The molecule has 12 unspecified atom stereocenters. The topological polar surface area (TPSA) is 228 Å². The standard InChI is InChI=1S/C75H127NO13/c1-3-5-7-9-11-13-15-17-19-21-23-24-25-26-27-28-29-30-31-32-33-34-35-36-37-38-39-40-41-43-45-47-49-51-53-55-57-59-67(80)76-63(64(79)58-56-54-52-50-48-46-44-42-22-20-18-16-14-12-10-8-6-4-2)62-86-74-72(85)70(83)73(66(61-78)88-74)89-75-71(84)69(82)68(81)65(60-77)87-75/h5,7,11,13,17,19,22-24,26-27,29-30,32-33,42,48,50,56,58,63-66,68-75,77-79,81-85H,3-4,6,8-10,12,14-16,18,20-21,25,28,31,34-41,43-47,49,51-55,57,59-62H2,1-2H3,(H,76,80)/b7-5-,13-11-,19-17-,24-23-,27-26-,30-29-,33-32-,42-22+,50-48+,58-56+. The van der Waals surface area contributed by atoms with Gasteiger partial charge in [-0.05, 0) is 103 Å². The van der Waals surface area contributed by atoms with Crippen molar-refractivity contribution >= 4 is 5.91 Å². The van der Waals surface area contributed by atoms with Crippen LogP contribution in [0.4, 0.5) is 0 Å². The Balaban J connectivity index is 1.64. The molecule has 0 aliphatic carbocycles. The van der Waals surface area contributed by atoms with Gasteiger partial charge >= 0.3 is 0 Å². The number of ether oxygens (including phenoxy) is 4. The van der Waals surface area contributed by atoms with Gasteiger partial charge < -0.3 is 65.1 Å². The number of rotatable bonds is 56. The van der Waals surface area contributed by atoms with Crippen LogP contribution in [0.2, 0.25) is 0 Å². The number of carbonyl (C=O) groups is 1. The fourth-order valence-corrected chi connectivity index (χ4v) is 10.8. The molecule has 14 heteroatoms. The smallest absolute Gasteiger partial charge is 0.220 e. The van der Waals surface area contributed by atoms with Crippen molar-refractivity contribution in [2.45, 2.75) is 325 Å². The molecule has 0 aromatic heterocycles. The fourth-order valence-electron chi connectivity index (χ4n) is 10.8. The number of aliphatic hydroxyl groups excluding tert-OH is 8. The quantitative estimate of drug-likeness (QED) is 0.0204. The molecule has 12 atom stereocenters. The van der Waals surface area contributed by atoms with E-state index in [0.29, 0.717) is 12.8 Å². The Kier molecular flexibility index (Phi) is 53.3. The number of amides is 1. The highest BCUT2D eigenvalue weighted by Gasteiger charge is 2.51. The van der Waals surface area contributed by atoms with Crippen LogP contribution in [0.1, 0.15) is 251 Å². The minimum Gasteiger partial charge on any atom is -0.394 e. The maximum atomic E-state index is 13.3. The molecule has 2 fully saturated rings. The van der Waals surface area contributed by atoms with Crippen LogP contribution in [0, 0.1) is 0 Å². The molecule has 9 N–H and O–H groups in total. The molecular formula is C75H127NO13. The Morgan fingerprint density at radius 2 is 0.787 bits per heavy atom. The summed E-state index contributed by atoms with van der Waals surface area (Å²) < 4.78 is 22.8. The molecule has 2 rings (SSSR count). The molecule has 0 saturated carbocycles. The average Bonchev–Trinajstić information content (AvgIpc) is 1.44. The van der Waals surface area contributed by atoms with Crippen LogP contribution in [0.5, 0.6) is 0 Å². The first-order chi connectivity index (χ1) is 43.6. The van der Waals surface area contributed by atoms with Gasteiger partial charge in [-0.1, -0.05) is 264 Å². The van der Waals surface area contributed by atoms with Gasteiger partial charge in [0.2, 0.25) is 5.91 Å². The van der Waals surface area contributed by atoms with Crippen LogP contribution in [0.15, 0.2) is 122 Å². The molecule has 2 aliphatic heterocycles. The summed E-state index contributed by atoms with van der Waals surface area (Å²) in [5.41, 5.74) is 0. The first-order valence-corrected chi connectivity index (χ1v) is 35.3. The zero-order chi connectivity index (χ0) is 64.5. The maximum Gasteiger partial charge on any atom is 0.220 e. The normalized spacial score (nSPS) is 23.8. The maximum absolute atomic E-state index is 13.3. The van der Waals surface area contributed by atoms with Gasteiger partial charge in [0.25, 0.3) is 0 Å². The van der Waals surface area contributed by atoms with Crippen molar-refractivity contribution in [2.24, 2.45) is 0 Å². The van der Waals surface area contributed by atoms with E-state index in [9.17, 15) is 45.6 Å². The lowest BCUT2D eigenvalue weighted by molar-refractivity contribution is -0.359. The van der Waals surface area contributed by atoms with Gasteiger partial charge in [0, 0.05) is 6.42 Å². The monoisotopic (exact) mass is 1250 g/mol. The molecule has 0 aromatic carbocycles. The molecule has 1 amide bonds. The third kappa shape index (κ3) is 42.3. The van der Waals surface area contributed by atoms with Crippen molar-refractivity contribution in [1.29, 1.82) is 0 Å². The number of hydrogen-bond donors (Lipinski definition) is 9. The third-order valence-corrected chi connectivity index (χ3v) is 16.4. The lowest BCUT2D eigenvalue weighted by atomic mass is 9.97. The van der Waals surface area contributed by atoms with Crippen molar-refractivity contribution < 1.29 is 64.6 Å². The summed E-state index contributed by atoms with van der Waals surface area (Å²) in [6, 6.07) is -0.945. The Morgan fingerprint density at radius 1 is 0.416 bits per heavy atom. The Bertz CT molecular complexity index is 1960. The minimum absolute atomic E-state index is 0.257. The van der Waals surface area contributed by atoms with E-state index in [4.69, 9.17) is 18.9 Å². The van der Waals surface area contributed by atoms with E-state index in [-0.39, 0.29) is 18.9 Å². The molecule has 0 spiro atoms. The van der Waals surface area contributed by atoms with Crippen molar-refractivity contribution in [3.63, 3.8) is 0 Å². The Hall–Kier alpha value is -3.61. The Morgan fingerprint density at radius 3 is 1.24 bits per heavy atom. The predicted molar refractivity (Wildman–Crippen MR) is 364 cm³/mol. The number of hydrogen-bond acceptors (Lipinski definition) is 13. The van der Waals surface area contributed by atoms with E-state index < -0.39 is 86.8 Å². The fraction of sp³-hybridized carbons (Fsp3) is 0.720. The number of unbranched alkanes of at least 4 members (excludes halogenated alkanes) is 25. The summed E-state index contributed by atoms with van der Waals surface area (Å²) in [6.07, 6.45) is 68.3. The highest BCUT2D eigenvalue weighted by Crippen LogP contribution is 2.30. The van der Waals surface area contributed by atoms with Crippen LogP contribution in [-0.4, -0.2) is 140 Å². The largest absolute Gasteiger partial charge is 0.394 e. The number of carbonyl (C=O) groups excluding carboxylic acids is 1. The second kappa shape index (κ2) is 58.2. The molecule has 2 aliphatic rings. The molecule has 510 valence electrons. The summed E-state index contributed by atoms with van der Waals surface area (Å²) in [5.74, 6) is -0.257. The van der Waals surface area contributed by atoms with Crippen LogP contribution < -0.4 is 5.32 Å². The van der Waals surface area contributed by atoms with E-state index in [1.807, 2.05) is 6.08 Å². The van der Waals surface area contributed by atoms with Crippen molar-refractivity contribution in [3.8, 4) is 0 Å². The summed E-state index contributed by atoms with van der Waals surface area (Å²) >= 11 is 0. The predicted octanol–water partition coefficient (Wildman–Crippen LogP) is 14.5. The summed E-state index contributed by atoms with van der Waals surface area (Å²) in [5, 5.41) is 87.3. The SMILES string of the molecule is CC/C=C\C/C=C\C/C=C\C/C=C\C/C=C\C/C=C\C/C=C\CCCCCCCCCCCCCCCCCC(=O)NC(COC1OC(CO)C(OC2OC(CO)C(O)C(O)C2O)C(O)C1O)C(O)/C=C/CC/C=C/CC/C=C/CCCCCCCCCC. The van der Waals surface area contributed by atoms with Gasteiger partial charge in [0.1, 0.15) is 48.8 Å². The molecule has 0 bridgehead atoms. The van der Waals surface area contributed by atoms with Gasteiger partial charge in [-0.3, -0.25) is 4.79 Å². The van der Waals surface area contributed by atoms with Crippen molar-refractivity contribution in [1.82, 2.24) is 5.32 Å². The van der Waals surface area contributed by atoms with Crippen LogP contribution in [0.3, 0.4) is 0 Å². The summed E-state index contributed by atoms with van der Waals surface area (Å²) in [6.45, 7) is 2.66. The second-order valence-electron chi connectivity index (χ2n) is 24.3. The molecule has 89 heavy (non-hydrogen) atoms. The van der Waals surface area contributed by atoms with Gasteiger partial charge in [0.15, 0.2) is 12.6 Å². The van der Waals surface area contributed by atoms with E-state index in [2.05, 4.69) is 129 Å². The van der Waals surface area contributed by atoms with E-state index >= 15 is 0 Å². The average molecular weight is 1250 g/mol. The molecule has 2 heterocycles.